The van der Waals surface area contributed by atoms with Crippen molar-refractivity contribution in [2.45, 2.75) is 50.9 Å². The lowest BCUT2D eigenvalue weighted by Gasteiger charge is -2.37. The van der Waals surface area contributed by atoms with E-state index in [0.29, 0.717) is 31.7 Å². The first-order chi connectivity index (χ1) is 17.5. The summed E-state index contributed by atoms with van der Waals surface area (Å²) in [4.78, 5) is 40.3. The average molecular weight is 520 g/mol. The number of piperidine rings is 1. The number of esters is 1. The lowest BCUT2D eigenvalue weighted by molar-refractivity contribution is -0.384. The van der Waals surface area contributed by atoms with Crippen LogP contribution in [-0.2, 0) is 20.5 Å². The number of halogens is 3. The molecule has 2 aromatic rings. The molecule has 0 unspecified atom stereocenters. The number of aryl methyl sites for hydroxylation is 1. The number of rotatable bonds is 5. The van der Waals surface area contributed by atoms with Gasteiger partial charge < -0.3 is 14.5 Å². The number of nitro groups is 1. The summed E-state index contributed by atoms with van der Waals surface area (Å²) in [6.07, 6.45) is -2.90. The zero-order valence-electron chi connectivity index (χ0n) is 20.5. The fourth-order valence-corrected chi connectivity index (χ4v) is 5.44. The Kier molecular flexibility index (Phi) is 7.42. The average Bonchev–Trinajstić information content (AvgIpc) is 3.32. The standard InChI is InChI=1S/C26H28F3N3O5/c1-16-5-3-4-6-19(16)20-9-10-22(25(34)37-2)31(20)24(33)17-11-13-30(14-12-17)21-8-7-18(26(27,28)29)15-23(21)32(35)36/h3-8,15,17,20,22H,9-14H2,1-2H3/t20-,22+/m1/s1. The summed E-state index contributed by atoms with van der Waals surface area (Å²) in [5.74, 6) is -1.08. The van der Waals surface area contributed by atoms with E-state index in [2.05, 4.69) is 0 Å². The van der Waals surface area contributed by atoms with Crippen molar-refractivity contribution in [2.24, 2.45) is 5.92 Å². The molecule has 0 N–H and O–H groups in total. The molecule has 37 heavy (non-hydrogen) atoms. The van der Waals surface area contributed by atoms with Gasteiger partial charge in [-0.15, -0.1) is 0 Å². The van der Waals surface area contributed by atoms with Crippen LogP contribution in [0.1, 0.15) is 48.4 Å². The second kappa shape index (κ2) is 10.4. The molecule has 198 valence electrons. The Labute approximate surface area is 212 Å². The largest absolute Gasteiger partial charge is 0.467 e. The number of nitrogens with zero attached hydrogens (tertiary/aromatic N) is 3. The Morgan fingerprint density at radius 1 is 1.05 bits per heavy atom. The van der Waals surface area contributed by atoms with E-state index >= 15 is 0 Å². The Bertz CT molecular complexity index is 1190. The van der Waals surface area contributed by atoms with Crippen molar-refractivity contribution >= 4 is 23.3 Å². The molecule has 1 amide bonds. The molecule has 0 aromatic heterocycles. The maximum atomic E-state index is 13.8. The number of carbonyl (C=O) groups excluding carboxylic acids is 2. The summed E-state index contributed by atoms with van der Waals surface area (Å²) in [7, 11) is 1.29. The molecule has 2 atom stereocenters. The van der Waals surface area contributed by atoms with Crippen molar-refractivity contribution in [2.75, 3.05) is 25.1 Å². The van der Waals surface area contributed by atoms with E-state index in [1.807, 2.05) is 31.2 Å². The molecule has 11 heteroatoms. The van der Waals surface area contributed by atoms with Gasteiger partial charge in [-0.1, -0.05) is 24.3 Å². The monoisotopic (exact) mass is 519 g/mol. The van der Waals surface area contributed by atoms with Gasteiger partial charge in [0.2, 0.25) is 5.91 Å². The smallest absolute Gasteiger partial charge is 0.416 e. The molecule has 8 nitrogen and oxygen atoms in total. The van der Waals surface area contributed by atoms with E-state index < -0.39 is 40.3 Å². The Balaban J connectivity index is 1.54. The molecule has 4 rings (SSSR count). The van der Waals surface area contributed by atoms with E-state index in [1.54, 1.807) is 9.80 Å². The van der Waals surface area contributed by atoms with Crippen LogP contribution in [0.3, 0.4) is 0 Å². The van der Waals surface area contributed by atoms with E-state index in [9.17, 15) is 32.9 Å². The van der Waals surface area contributed by atoms with E-state index in [4.69, 9.17) is 4.74 Å². The number of ether oxygens (including phenoxy) is 1. The third-order valence-electron chi connectivity index (χ3n) is 7.34. The van der Waals surface area contributed by atoms with Gasteiger partial charge in [-0.05, 0) is 55.9 Å². The first-order valence-electron chi connectivity index (χ1n) is 12.1. The predicted octanol–water partition coefficient (Wildman–Crippen LogP) is 5.04. The highest BCUT2D eigenvalue weighted by Gasteiger charge is 2.45. The number of likely N-dealkylation sites (tertiary alicyclic amines) is 1. The molecule has 2 fully saturated rings. The van der Waals surface area contributed by atoms with Gasteiger partial charge in [-0.3, -0.25) is 14.9 Å². The Morgan fingerprint density at radius 2 is 1.73 bits per heavy atom. The molecular formula is C26H28F3N3O5. The third kappa shape index (κ3) is 5.26. The quantitative estimate of drug-likeness (QED) is 0.312. The minimum atomic E-state index is -4.69. The second-order valence-electron chi connectivity index (χ2n) is 9.45. The van der Waals surface area contributed by atoms with Crippen molar-refractivity contribution in [1.82, 2.24) is 4.90 Å². The van der Waals surface area contributed by atoms with Crippen LogP contribution in [0, 0.1) is 23.0 Å². The van der Waals surface area contributed by atoms with Crippen LogP contribution in [-0.4, -0.2) is 47.9 Å². The normalized spacial score (nSPS) is 20.7. The minimum absolute atomic E-state index is 0.0929. The number of hydrogen-bond donors (Lipinski definition) is 0. The van der Waals surface area contributed by atoms with E-state index in [-0.39, 0.29) is 30.7 Å². The number of benzene rings is 2. The fraction of sp³-hybridized carbons (Fsp3) is 0.462. The summed E-state index contributed by atoms with van der Waals surface area (Å²) in [6, 6.07) is 9.24. The number of anilines is 1. The molecule has 2 aliphatic rings. The van der Waals surface area contributed by atoms with Crippen LogP contribution in [0.25, 0.3) is 0 Å². The first kappa shape index (κ1) is 26.4. The summed E-state index contributed by atoms with van der Waals surface area (Å²) < 4.78 is 44.2. The molecule has 2 saturated heterocycles. The molecule has 0 aliphatic carbocycles. The van der Waals surface area contributed by atoms with Crippen LogP contribution in [0.5, 0.6) is 0 Å². The lowest BCUT2D eigenvalue weighted by Crippen LogP contribution is -2.48. The van der Waals surface area contributed by atoms with Gasteiger partial charge in [-0.2, -0.15) is 13.2 Å². The van der Waals surface area contributed by atoms with Gasteiger partial charge in [0.1, 0.15) is 11.7 Å². The SMILES string of the molecule is COC(=O)[C@@H]1CC[C@H](c2ccccc2C)N1C(=O)C1CCN(c2ccc(C(F)(F)F)cc2[N+](=O)[O-])CC1. The summed E-state index contributed by atoms with van der Waals surface area (Å²) >= 11 is 0. The van der Waals surface area contributed by atoms with Crippen molar-refractivity contribution in [1.29, 1.82) is 0 Å². The molecule has 2 aliphatic heterocycles. The third-order valence-corrected chi connectivity index (χ3v) is 7.34. The van der Waals surface area contributed by atoms with Crippen molar-refractivity contribution in [3.63, 3.8) is 0 Å². The van der Waals surface area contributed by atoms with Crippen molar-refractivity contribution in [3.8, 4) is 0 Å². The van der Waals surface area contributed by atoms with Crippen LogP contribution in [0.15, 0.2) is 42.5 Å². The maximum Gasteiger partial charge on any atom is 0.416 e. The van der Waals surface area contributed by atoms with Gasteiger partial charge in [0.25, 0.3) is 5.69 Å². The van der Waals surface area contributed by atoms with Crippen molar-refractivity contribution < 1.29 is 32.4 Å². The van der Waals surface area contributed by atoms with Crippen LogP contribution in [0.4, 0.5) is 24.5 Å². The molecular weight excluding hydrogens is 491 g/mol. The minimum Gasteiger partial charge on any atom is -0.467 e. The number of methoxy groups -OCH3 is 1. The van der Waals surface area contributed by atoms with Crippen molar-refractivity contribution in [3.05, 3.63) is 69.3 Å². The highest BCUT2D eigenvalue weighted by molar-refractivity contribution is 5.87. The number of alkyl halides is 3. The van der Waals surface area contributed by atoms with E-state index in [1.165, 1.54) is 7.11 Å². The lowest BCUT2D eigenvalue weighted by atomic mass is 9.92. The maximum absolute atomic E-state index is 13.8. The van der Waals surface area contributed by atoms with Gasteiger partial charge >= 0.3 is 12.1 Å². The van der Waals surface area contributed by atoms with E-state index in [0.717, 1.165) is 23.3 Å². The molecule has 0 radical (unpaired) electrons. The first-order valence-corrected chi connectivity index (χ1v) is 12.1. The fourth-order valence-electron chi connectivity index (χ4n) is 5.44. The summed E-state index contributed by atoms with van der Waals surface area (Å²) in [6.45, 7) is 2.47. The molecule has 0 bridgehead atoms. The Hall–Kier alpha value is -3.63. The summed E-state index contributed by atoms with van der Waals surface area (Å²) in [5, 5.41) is 11.5. The highest BCUT2D eigenvalue weighted by Crippen LogP contribution is 2.41. The highest BCUT2D eigenvalue weighted by atomic mass is 19.4. The van der Waals surface area contributed by atoms with Gasteiger partial charge in [-0.25, -0.2) is 4.79 Å². The molecule has 0 spiro atoms. The van der Waals surface area contributed by atoms with Crippen LogP contribution >= 0.6 is 0 Å². The topological polar surface area (TPSA) is 93.0 Å². The van der Waals surface area contributed by atoms with Gasteiger partial charge in [0, 0.05) is 25.1 Å². The van der Waals surface area contributed by atoms with Crippen LogP contribution < -0.4 is 4.90 Å². The molecule has 2 aromatic carbocycles. The second-order valence-corrected chi connectivity index (χ2v) is 9.45. The Morgan fingerprint density at radius 3 is 2.32 bits per heavy atom. The zero-order valence-corrected chi connectivity index (χ0v) is 20.5. The van der Waals surface area contributed by atoms with Gasteiger partial charge in [0.05, 0.1) is 23.6 Å². The van der Waals surface area contributed by atoms with Crippen LogP contribution in [0.2, 0.25) is 0 Å². The number of carbonyl (C=O) groups is 2. The molecule has 0 saturated carbocycles. The molecule has 2 heterocycles. The van der Waals surface area contributed by atoms with Gasteiger partial charge in [0.15, 0.2) is 0 Å². The number of hydrogen-bond acceptors (Lipinski definition) is 6. The predicted molar refractivity (Wildman–Crippen MR) is 129 cm³/mol. The number of amides is 1. The number of nitro benzene ring substituents is 1. The zero-order chi connectivity index (χ0) is 26.9. The summed E-state index contributed by atoms with van der Waals surface area (Å²) in [5.41, 5.74) is 0.373.